The van der Waals surface area contributed by atoms with Crippen LogP contribution >= 0.6 is 0 Å². The Morgan fingerprint density at radius 2 is 2.36 bits per heavy atom. The van der Waals surface area contributed by atoms with E-state index in [1.807, 2.05) is 24.4 Å². The first-order chi connectivity index (χ1) is 6.90. The second-order valence-corrected chi connectivity index (χ2v) is 3.01. The first-order valence-electron chi connectivity index (χ1n) is 4.65. The van der Waals surface area contributed by atoms with Crippen molar-refractivity contribution in [2.45, 2.75) is 6.42 Å². The van der Waals surface area contributed by atoms with Crippen molar-refractivity contribution in [3.63, 3.8) is 0 Å². The van der Waals surface area contributed by atoms with Gasteiger partial charge in [-0.2, -0.15) is 4.98 Å². The van der Waals surface area contributed by atoms with Crippen LogP contribution in [0.25, 0.3) is 5.65 Å². The molecule has 3 N–H and O–H groups in total. The van der Waals surface area contributed by atoms with Crippen molar-refractivity contribution in [3.05, 3.63) is 24.4 Å². The van der Waals surface area contributed by atoms with E-state index in [0.29, 0.717) is 12.5 Å². The summed E-state index contributed by atoms with van der Waals surface area (Å²) in [5, 5.41) is 7.35. The van der Waals surface area contributed by atoms with Crippen molar-refractivity contribution in [1.29, 1.82) is 0 Å². The summed E-state index contributed by atoms with van der Waals surface area (Å²) in [7, 11) is 0. The minimum absolute atomic E-state index is 0.657. The lowest BCUT2D eigenvalue weighted by Crippen LogP contribution is -2.09. The zero-order chi connectivity index (χ0) is 9.80. The van der Waals surface area contributed by atoms with Gasteiger partial charge in [0.1, 0.15) is 0 Å². The molecule has 2 aromatic rings. The molecule has 0 spiro atoms. The molecule has 0 saturated carbocycles. The third kappa shape index (κ3) is 1.82. The van der Waals surface area contributed by atoms with Crippen molar-refractivity contribution in [1.82, 2.24) is 14.6 Å². The van der Waals surface area contributed by atoms with Crippen molar-refractivity contribution in [2.24, 2.45) is 5.73 Å². The molecular formula is C9H13N5. The Bertz CT molecular complexity index is 375. The number of nitrogens with two attached hydrogens (primary N) is 1. The summed E-state index contributed by atoms with van der Waals surface area (Å²) in [5.41, 5.74) is 6.23. The summed E-state index contributed by atoms with van der Waals surface area (Å²) < 4.78 is 1.74. The summed E-state index contributed by atoms with van der Waals surface area (Å²) in [5.74, 6) is 0.657. The Kier molecular flexibility index (Phi) is 2.60. The van der Waals surface area contributed by atoms with Gasteiger partial charge in [-0.05, 0) is 25.1 Å². The lowest BCUT2D eigenvalue weighted by atomic mass is 10.4. The topological polar surface area (TPSA) is 68.2 Å². The molecule has 0 bridgehead atoms. The van der Waals surface area contributed by atoms with Gasteiger partial charge in [-0.3, -0.25) is 0 Å². The van der Waals surface area contributed by atoms with Gasteiger partial charge < -0.3 is 11.1 Å². The van der Waals surface area contributed by atoms with Gasteiger partial charge in [0.15, 0.2) is 5.65 Å². The summed E-state index contributed by atoms with van der Waals surface area (Å²) in [6.45, 7) is 1.49. The van der Waals surface area contributed by atoms with E-state index in [1.54, 1.807) is 4.52 Å². The van der Waals surface area contributed by atoms with Gasteiger partial charge in [-0.25, -0.2) is 4.52 Å². The second kappa shape index (κ2) is 4.06. The first-order valence-corrected chi connectivity index (χ1v) is 4.65. The molecule has 0 fully saturated rings. The maximum absolute atomic E-state index is 5.38. The van der Waals surface area contributed by atoms with E-state index in [4.69, 9.17) is 5.73 Å². The lowest BCUT2D eigenvalue weighted by Gasteiger charge is -1.97. The SMILES string of the molecule is NCCCNc1nc2ccccn2n1. The van der Waals surface area contributed by atoms with E-state index in [2.05, 4.69) is 15.4 Å². The first kappa shape index (κ1) is 8.96. The predicted molar refractivity (Wildman–Crippen MR) is 55.1 cm³/mol. The number of rotatable bonds is 4. The van der Waals surface area contributed by atoms with Crippen LogP contribution in [0.3, 0.4) is 0 Å². The van der Waals surface area contributed by atoms with E-state index in [-0.39, 0.29) is 0 Å². The minimum Gasteiger partial charge on any atom is -0.353 e. The van der Waals surface area contributed by atoms with Crippen molar-refractivity contribution in [3.8, 4) is 0 Å². The summed E-state index contributed by atoms with van der Waals surface area (Å²) in [6.07, 6.45) is 2.80. The number of anilines is 1. The largest absolute Gasteiger partial charge is 0.353 e. The Balaban J connectivity index is 2.11. The number of hydrogen-bond acceptors (Lipinski definition) is 4. The molecule has 0 atom stereocenters. The van der Waals surface area contributed by atoms with Crippen LogP contribution in [0.2, 0.25) is 0 Å². The molecule has 5 nitrogen and oxygen atoms in total. The molecule has 0 amide bonds. The van der Waals surface area contributed by atoms with Crippen LogP contribution in [-0.2, 0) is 0 Å². The van der Waals surface area contributed by atoms with E-state index < -0.39 is 0 Å². The monoisotopic (exact) mass is 191 g/mol. The van der Waals surface area contributed by atoms with Gasteiger partial charge in [0.2, 0.25) is 5.95 Å². The number of pyridine rings is 1. The van der Waals surface area contributed by atoms with Crippen LogP contribution in [-0.4, -0.2) is 27.7 Å². The van der Waals surface area contributed by atoms with Crippen LogP contribution < -0.4 is 11.1 Å². The second-order valence-electron chi connectivity index (χ2n) is 3.01. The Morgan fingerprint density at radius 1 is 1.43 bits per heavy atom. The van der Waals surface area contributed by atoms with Gasteiger partial charge in [-0.15, -0.1) is 5.10 Å². The van der Waals surface area contributed by atoms with Crippen molar-refractivity contribution < 1.29 is 0 Å². The van der Waals surface area contributed by atoms with E-state index in [0.717, 1.165) is 18.6 Å². The molecule has 0 unspecified atom stereocenters. The zero-order valence-electron chi connectivity index (χ0n) is 7.85. The molecular weight excluding hydrogens is 178 g/mol. The standard InChI is InChI=1S/C9H13N5/c10-5-3-6-11-9-12-8-4-1-2-7-14(8)13-9/h1-2,4,7H,3,5-6,10H2,(H,11,13). The normalized spacial score (nSPS) is 10.6. The summed E-state index contributed by atoms with van der Waals surface area (Å²) in [4.78, 5) is 4.28. The average molecular weight is 191 g/mol. The Labute approximate surface area is 81.9 Å². The van der Waals surface area contributed by atoms with Crippen molar-refractivity contribution in [2.75, 3.05) is 18.4 Å². The van der Waals surface area contributed by atoms with Gasteiger partial charge in [0.25, 0.3) is 0 Å². The highest BCUT2D eigenvalue weighted by molar-refractivity contribution is 5.42. The van der Waals surface area contributed by atoms with Crippen LogP contribution in [0.5, 0.6) is 0 Å². The van der Waals surface area contributed by atoms with Gasteiger partial charge >= 0.3 is 0 Å². The molecule has 0 aliphatic rings. The van der Waals surface area contributed by atoms with Crippen LogP contribution in [0, 0.1) is 0 Å². The molecule has 14 heavy (non-hydrogen) atoms. The fourth-order valence-electron chi connectivity index (χ4n) is 1.21. The summed E-state index contributed by atoms with van der Waals surface area (Å²) >= 11 is 0. The third-order valence-corrected chi connectivity index (χ3v) is 1.91. The van der Waals surface area contributed by atoms with E-state index in [9.17, 15) is 0 Å². The molecule has 0 saturated heterocycles. The fourth-order valence-corrected chi connectivity index (χ4v) is 1.21. The third-order valence-electron chi connectivity index (χ3n) is 1.91. The van der Waals surface area contributed by atoms with Crippen LogP contribution in [0.1, 0.15) is 6.42 Å². The summed E-state index contributed by atoms with van der Waals surface area (Å²) in [6, 6.07) is 5.78. The average Bonchev–Trinajstić information content (AvgIpc) is 2.60. The molecule has 0 aromatic carbocycles. The number of nitrogens with zero attached hydrogens (tertiary/aromatic N) is 3. The van der Waals surface area contributed by atoms with Crippen LogP contribution in [0.15, 0.2) is 24.4 Å². The Hall–Kier alpha value is -1.62. The zero-order valence-corrected chi connectivity index (χ0v) is 7.85. The smallest absolute Gasteiger partial charge is 0.243 e. The maximum Gasteiger partial charge on any atom is 0.243 e. The van der Waals surface area contributed by atoms with Crippen LogP contribution in [0.4, 0.5) is 5.95 Å². The molecule has 0 aliphatic heterocycles. The molecule has 0 radical (unpaired) electrons. The van der Waals surface area contributed by atoms with Gasteiger partial charge in [-0.1, -0.05) is 6.07 Å². The molecule has 2 heterocycles. The Morgan fingerprint density at radius 3 is 3.14 bits per heavy atom. The highest BCUT2D eigenvalue weighted by Crippen LogP contribution is 2.03. The highest BCUT2D eigenvalue weighted by atomic mass is 15.3. The molecule has 2 rings (SSSR count). The van der Waals surface area contributed by atoms with E-state index in [1.165, 1.54) is 0 Å². The molecule has 5 heteroatoms. The molecule has 0 aliphatic carbocycles. The van der Waals surface area contributed by atoms with Gasteiger partial charge in [0, 0.05) is 12.7 Å². The van der Waals surface area contributed by atoms with Gasteiger partial charge in [0.05, 0.1) is 0 Å². The molecule has 74 valence electrons. The number of aromatic nitrogens is 3. The maximum atomic E-state index is 5.38. The number of hydrogen-bond donors (Lipinski definition) is 2. The predicted octanol–water partition coefficient (Wildman–Crippen LogP) is 0.490. The highest BCUT2D eigenvalue weighted by Gasteiger charge is 1.99. The quantitative estimate of drug-likeness (QED) is 0.690. The number of fused-ring (bicyclic) bond motifs is 1. The van der Waals surface area contributed by atoms with Crippen molar-refractivity contribution >= 4 is 11.6 Å². The minimum atomic E-state index is 0.657. The fraction of sp³-hybridized carbons (Fsp3) is 0.333. The lowest BCUT2D eigenvalue weighted by molar-refractivity contribution is 0.859. The van der Waals surface area contributed by atoms with E-state index >= 15 is 0 Å². The molecule has 2 aromatic heterocycles. The number of nitrogens with one attached hydrogen (secondary N) is 1.